The summed E-state index contributed by atoms with van der Waals surface area (Å²) in [4.78, 5) is 0. The molecular formula is C15H28O2. The summed E-state index contributed by atoms with van der Waals surface area (Å²) in [5.41, 5.74) is 1.42. The van der Waals surface area contributed by atoms with Gasteiger partial charge in [-0.3, -0.25) is 0 Å². The monoisotopic (exact) mass is 240 g/mol. The zero-order valence-electron chi connectivity index (χ0n) is 11.7. The minimum atomic E-state index is 0.0775. The van der Waals surface area contributed by atoms with E-state index in [1.807, 2.05) is 0 Å². The van der Waals surface area contributed by atoms with Crippen LogP contribution in [0.2, 0.25) is 0 Å². The van der Waals surface area contributed by atoms with Crippen molar-refractivity contribution in [3.63, 3.8) is 0 Å². The van der Waals surface area contributed by atoms with E-state index in [0.717, 1.165) is 32.0 Å². The second-order valence-corrected chi connectivity index (χ2v) is 5.42. The fourth-order valence-corrected chi connectivity index (χ4v) is 2.04. The van der Waals surface area contributed by atoms with Gasteiger partial charge >= 0.3 is 0 Å². The molecule has 0 aromatic rings. The standard InChI is InChI=1S/C15H28O2/c1-13(2)7-6-8-14(3)10-12-17-15-9-4-5-11-16-15/h7,14-15H,4-6,8-12H2,1-3H3/t14-,15?/m1/s1. The Morgan fingerprint density at radius 3 is 2.82 bits per heavy atom. The highest BCUT2D eigenvalue weighted by atomic mass is 16.7. The number of hydrogen-bond donors (Lipinski definition) is 0. The van der Waals surface area contributed by atoms with Crippen molar-refractivity contribution in [3.05, 3.63) is 11.6 Å². The lowest BCUT2D eigenvalue weighted by atomic mass is 10.0. The van der Waals surface area contributed by atoms with Gasteiger partial charge in [-0.05, 0) is 58.3 Å². The van der Waals surface area contributed by atoms with Gasteiger partial charge in [0.2, 0.25) is 0 Å². The van der Waals surface area contributed by atoms with Crippen LogP contribution in [0.5, 0.6) is 0 Å². The van der Waals surface area contributed by atoms with Crippen molar-refractivity contribution in [2.75, 3.05) is 13.2 Å². The van der Waals surface area contributed by atoms with Crippen molar-refractivity contribution in [2.24, 2.45) is 5.92 Å². The zero-order chi connectivity index (χ0) is 12.5. The highest BCUT2D eigenvalue weighted by Crippen LogP contribution is 2.16. The third-order valence-electron chi connectivity index (χ3n) is 3.26. The molecule has 1 aliphatic rings. The van der Waals surface area contributed by atoms with Gasteiger partial charge < -0.3 is 9.47 Å². The van der Waals surface area contributed by atoms with E-state index in [4.69, 9.17) is 9.47 Å². The van der Waals surface area contributed by atoms with Gasteiger partial charge in [0, 0.05) is 13.2 Å². The van der Waals surface area contributed by atoms with E-state index < -0.39 is 0 Å². The molecule has 1 unspecified atom stereocenters. The number of ether oxygens (including phenoxy) is 2. The maximum absolute atomic E-state index is 5.74. The molecule has 0 spiro atoms. The summed E-state index contributed by atoms with van der Waals surface area (Å²) in [6.45, 7) is 8.35. The normalized spacial score (nSPS) is 22.2. The van der Waals surface area contributed by atoms with Crippen LogP contribution in [0, 0.1) is 5.92 Å². The minimum Gasteiger partial charge on any atom is -0.353 e. The van der Waals surface area contributed by atoms with E-state index >= 15 is 0 Å². The molecule has 2 atom stereocenters. The first-order valence-corrected chi connectivity index (χ1v) is 7.05. The summed E-state index contributed by atoms with van der Waals surface area (Å²) in [6.07, 6.45) is 9.53. The first kappa shape index (κ1) is 14.7. The first-order valence-electron chi connectivity index (χ1n) is 7.05. The van der Waals surface area contributed by atoms with E-state index in [9.17, 15) is 0 Å². The van der Waals surface area contributed by atoms with Gasteiger partial charge in [0.05, 0.1) is 0 Å². The summed E-state index contributed by atoms with van der Waals surface area (Å²) in [5, 5.41) is 0. The average molecular weight is 240 g/mol. The third-order valence-corrected chi connectivity index (χ3v) is 3.26. The first-order chi connectivity index (χ1) is 8.18. The van der Waals surface area contributed by atoms with E-state index in [1.54, 1.807) is 0 Å². The minimum absolute atomic E-state index is 0.0775. The molecule has 1 heterocycles. The Kier molecular flexibility index (Phi) is 7.54. The average Bonchev–Trinajstić information content (AvgIpc) is 2.30. The van der Waals surface area contributed by atoms with Crippen molar-refractivity contribution < 1.29 is 9.47 Å². The van der Waals surface area contributed by atoms with Crippen molar-refractivity contribution in [3.8, 4) is 0 Å². The van der Waals surface area contributed by atoms with Crippen LogP contribution in [0.15, 0.2) is 11.6 Å². The summed E-state index contributed by atoms with van der Waals surface area (Å²) in [7, 11) is 0. The molecule has 0 aromatic heterocycles. The van der Waals surface area contributed by atoms with Crippen LogP contribution in [0.1, 0.15) is 59.3 Å². The molecule has 0 radical (unpaired) electrons. The van der Waals surface area contributed by atoms with Crippen LogP contribution in [-0.2, 0) is 9.47 Å². The third kappa shape index (κ3) is 7.56. The Balaban J connectivity index is 1.99. The van der Waals surface area contributed by atoms with E-state index in [-0.39, 0.29) is 6.29 Å². The maximum atomic E-state index is 5.74. The molecule has 1 aliphatic heterocycles. The quantitative estimate of drug-likeness (QED) is 0.618. The molecule has 100 valence electrons. The SMILES string of the molecule is CC(C)=CCC[C@@H](C)CCOC1CCCCO1. The van der Waals surface area contributed by atoms with E-state index in [2.05, 4.69) is 26.8 Å². The molecule has 0 aromatic carbocycles. The molecule has 1 fully saturated rings. The Hall–Kier alpha value is -0.340. The van der Waals surface area contributed by atoms with Crippen molar-refractivity contribution in [2.45, 2.75) is 65.6 Å². The van der Waals surface area contributed by atoms with Crippen molar-refractivity contribution in [1.29, 1.82) is 0 Å². The van der Waals surface area contributed by atoms with Crippen LogP contribution < -0.4 is 0 Å². The molecule has 0 amide bonds. The van der Waals surface area contributed by atoms with Crippen LogP contribution in [0.25, 0.3) is 0 Å². The van der Waals surface area contributed by atoms with Crippen LogP contribution >= 0.6 is 0 Å². The van der Waals surface area contributed by atoms with Gasteiger partial charge in [0.15, 0.2) is 6.29 Å². The Labute approximate surface area is 106 Å². The highest BCUT2D eigenvalue weighted by molar-refractivity contribution is 4.92. The Morgan fingerprint density at radius 2 is 2.18 bits per heavy atom. The summed E-state index contributed by atoms with van der Waals surface area (Å²) in [5.74, 6) is 0.745. The smallest absolute Gasteiger partial charge is 0.157 e. The summed E-state index contributed by atoms with van der Waals surface area (Å²) >= 11 is 0. The van der Waals surface area contributed by atoms with Crippen LogP contribution in [0.4, 0.5) is 0 Å². The largest absolute Gasteiger partial charge is 0.353 e. The predicted octanol–water partition coefficient (Wildman–Crippen LogP) is 4.30. The zero-order valence-corrected chi connectivity index (χ0v) is 11.7. The second-order valence-electron chi connectivity index (χ2n) is 5.42. The lowest BCUT2D eigenvalue weighted by Gasteiger charge is -2.23. The molecule has 0 N–H and O–H groups in total. The number of allylic oxidation sites excluding steroid dienone is 2. The fraction of sp³-hybridized carbons (Fsp3) is 0.867. The molecule has 17 heavy (non-hydrogen) atoms. The molecular weight excluding hydrogens is 212 g/mol. The van der Waals surface area contributed by atoms with Gasteiger partial charge in [-0.1, -0.05) is 18.6 Å². The molecule has 1 saturated heterocycles. The molecule has 2 heteroatoms. The van der Waals surface area contributed by atoms with E-state index in [1.165, 1.54) is 31.3 Å². The van der Waals surface area contributed by atoms with Crippen molar-refractivity contribution >= 4 is 0 Å². The predicted molar refractivity (Wildman–Crippen MR) is 72.0 cm³/mol. The van der Waals surface area contributed by atoms with Crippen LogP contribution in [-0.4, -0.2) is 19.5 Å². The molecule has 1 rings (SSSR count). The topological polar surface area (TPSA) is 18.5 Å². The van der Waals surface area contributed by atoms with E-state index in [0.29, 0.717) is 0 Å². The molecule has 0 bridgehead atoms. The van der Waals surface area contributed by atoms with Gasteiger partial charge in [-0.15, -0.1) is 0 Å². The Morgan fingerprint density at radius 1 is 1.35 bits per heavy atom. The Bertz CT molecular complexity index is 213. The van der Waals surface area contributed by atoms with Gasteiger partial charge in [-0.2, -0.15) is 0 Å². The van der Waals surface area contributed by atoms with Crippen LogP contribution in [0.3, 0.4) is 0 Å². The van der Waals surface area contributed by atoms with Gasteiger partial charge in [-0.25, -0.2) is 0 Å². The van der Waals surface area contributed by atoms with Gasteiger partial charge in [0.25, 0.3) is 0 Å². The molecule has 2 nitrogen and oxygen atoms in total. The molecule has 0 aliphatic carbocycles. The summed E-state index contributed by atoms with van der Waals surface area (Å²) in [6, 6.07) is 0. The van der Waals surface area contributed by atoms with Crippen molar-refractivity contribution in [1.82, 2.24) is 0 Å². The lowest BCUT2D eigenvalue weighted by Crippen LogP contribution is -2.23. The maximum Gasteiger partial charge on any atom is 0.157 e. The highest BCUT2D eigenvalue weighted by Gasteiger charge is 2.13. The number of rotatable bonds is 7. The molecule has 0 saturated carbocycles. The van der Waals surface area contributed by atoms with Gasteiger partial charge in [0.1, 0.15) is 0 Å². The fourth-order valence-electron chi connectivity index (χ4n) is 2.04. The summed E-state index contributed by atoms with van der Waals surface area (Å²) < 4.78 is 11.3. The number of hydrogen-bond acceptors (Lipinski definition) is 2. The second kappa shape index (κ2) is 8.71. The lowest BCUT2D eigenvalue weighted by molar-refractivity contribution is -0.163.